The van der Waals surface area contributed by atoms with Gasteiger partial charge in [0.15, 0.2) is 6.10 Å². The number of carbonyl (C=O) groups is 3. The molecule has 0 aromatic rings. The van der Waals surface area contributed by atoms with Crippen molar-refractivity contribution in [1.82, 2.24) is 0 Å². The summed E-state index contributed by atoms with van der Waals surface area (Å²) in [4.78, 5) is 37.8. The highest BCUT2D eigenvalue weighted by Gasteiger charge is 2.19. The van der Waals surface area contributed by atoms with Crippen molar-refractivity contribution in [3.63, 3.8) is 0 Å². The number of allylic oxidation sites excluding steroid dienone is 16. The number of rotatable bonds is 49. The van der Waals surface area contributed by atoms with Crippen molar-refractivity contribution in [3.05, 3.63) is 97.2 Å². The van der Waals surface area contributed by atoms with Crippen molar-refractivity contribution in [3.8, 4) is 0 Å². The van der Waals surface area contributed by atoms with Crippen LogP contribution in [0.15, 0.2) is 97.2 Å². The van der Waals surface area contributed by atoms with Crippen LogP contribution < -0.4 is 0 Å². The van der Waals surface area contributed by atoms with Gasteiger partial charge < -0.3 is 14.2 Å². The number of esters is 3. The smallest absolute Gasteiger partial charge is 0.306 e. The van der Waals surface area contributed by atoms with Crippen LogP contribution in [0.4, 0.5) is 0 Å². The summed E-state index contributed by atoms with van der Waals surface area (Å²) in [5.41, 5.74) is 0. The molecule has 0 rings (SSSR count). The maximum Gasteiger partial charge on any atom is 0.306 e. The first kappa shape index (κ1) is 63.3. The second-order valence-electron chi connectivity index (χ2n) is 18.1. The molecule has 0 saturated heterocycles. The van der Waals surface area contributed by atoms with E-state index >= 15 is 0 Å². The Morgan fingerprint density at radius 2 is 0.582 bits per heavy atom. The lowest BCUT2D eigenvalue weighted by atomic mass is 10.1. The van der Waals surface area contributed by atoms with Gasteiger partial charge in [0.2, 0.25) is 0 Å². The van der Waals surface area contributed by atoms with Gasteiger partial charge in [0.25, 0.3) is 0 Å². The first-order valence-corrected chi connectivity index (χ1v) is 27.7. The second kappa shape index (κ2) is 54.9. The van der Waals surface area contributed by atoms with Crippen LogP contribution in [0.1, 0.15) is 252 Å². The third kappa shape index (κ3) is 53.2. The first-order chi connectivity index (χ1) is 33.0. The maximum absolute atomic E-state index is 12.8. The molecule has 0 fully saturated rings. The lowest BCUT2D eigenvalue weighted by Gasteiger charge is -2.18. The Labute approximate surface area is 413 Å². The number of ether oxygens (including phenoxy) is 3. The van der Waals surface area contributed by atoms with E-state index in [0.717, 1.165) is 109 Å². The second-order valence-corrected chi connectivity index (χ2v) is 18.1. The summed E-state index contributed by atoms with van der Waals surface area (Å²) in [6.07, 6.45) is 72.8. The molecule has 1 unspecified atom stereocenters. The molecule has 0 saturated carbocycles. The van der Waals surface area contributed by atoms with Crippen LogP contribution in [0, 0.1) is 0 Å². The van der Waals surface area contributed by atoms with Crippen molar-refractivity contribution < 1.29 is 28.6 Å². The minimum atomic E-state index is -0.791. The van der Waals surface area contributed by atoms with Crippen LogP contribution >= 0.6 is 0 Å². The van der Waals surface area contributed by atoms with E-state index in [4.69, 9.17) is 14.2 Å². The molecule has 0 spiro atoms. The summed E-state index contributed by atoms with van der Waals surface area (Å²) in [5.74, 6) is -0.939. The van der Waals surface area contributed by atoms with Crippen LogP contribution in [0.3, 0.4) is 0 Å². The lowest BCUT2D eigenvalue weighted by molar-refractivity contribution is -0.167. The van der Waals surface area contributed by atoms with Gasteiger partial charge in [0.1, 0.15) is 13.2 Å². The van der Waals surface area contributed by atoms with Crippen LogP contribution in [-0.2, 0) is 28.6 Å². The fourth-order valence-electron chi connectivity index (χ4n) is 7.42. The lowest BCUT2D eigenvalue weighted by Crippen LogP contribution is -2.30. The summed E-state index contributed by atoms with van der Waals surface area (Å²) in [7, 11) is 0. The van der Waals surface area contributed by atoms with Crippen molar-refractivity contribution in [2.75, 3.05) is 13.2 Å². The van der Waals surface area contributed by atoms with E-state index in [1.807, 2.05) is 0 Å². The first-order valence-electron chi connectivity index (χ1n) is 27.7. The van der Waals surface area contributed by atoms with Gasteiger partial charge in [0, 0.05) is 19.3 Å². The van der Waals surface area contributed by atoms with Crippen molar-refractivity contribution in [2.45, 2.75) is 258 Å². The molecule has 1 atom stereocenters. The Kier molecular flexibility index (Phi) is 51.9. The number of hydrogen-bond acceptors (Lipinski definition) is 6. The molecule has 6 heteroatoms. The average Bonchev–Trinajstić information content (AvgIpc) is 3.33. The van der Waals surface area contributed by atoms with E-state index in [0.29, 0.717) is 19.3 Å². The fourth-order valence-corrected chi connectivity index (χ4v) is 7.42. The highest BCUT2D eigenvalue weighted by atomic mass is 16.6. The molecule has 382 valence electrons. The quantitative estimate of drug-likeness (QED) is 0.0262. The third-order valence-corrected chi connectivity index (χ3v) is 11.6. The zero-order valence-electron chi connectivity index (χ0n) is 43.6. The van der Waals surface area contributed by atoms with Gasteiger partial charge in [-0.3, -0.25) is 14.4 Å². The van der Waals surface area contributed by atoms with E-state index in [1.165, 1.54) is 103 Å². The number of hydrogen-bond donors (Lipinski definition) is 0. The van der Waals surface area contributed by atoms with Gasteiger partial charge >= 0.3 is 17.9 Å². The Morgan fingerprint density at radius 3 is 0.940 bits per heavy atom. The monoisotopic (exact) mass is 931 g/mol. The van der Waals surface area contributed by atoms with Gasteiger partial charge in [0.05, 0.1) is 0 Å². The fraction of sp³-hybridized carbons (Fsp3) is 0.689. The summed E-state index contributed by atoms with van der Waals surface area (Å²) in [6.45, 7) is 6.43. The van der Waals surface area contributed by atoms with E-state index in [2.05, 4.69) is 118 Å². The molecule has 0 aromatic carbocycles. The molecule has 0 bridgehead atoms. The molecule has 67 heavy (non-hydrogen) atoms. The summed E-state index contributed by atoms with van der Waals surface area (Å²) in [6, 6.07) is 0. The molecule has 0 heterocycles. The molecule has 6 nitrogen and oxygen atoms in total. The Hall–Kier alpha value is -3.67. The van der Waals surface area contributed by atoms with Crippen molar-refractivity contribution in [1.29, 1.82) is 0 Å². The van der Waals surface area contributed by atoms with E-state index in [9.17, 15) is 14.4 Å². The van der Waals surface area contributed by atoms with Gasteiger partial charge in [-0.2, -0.15) is 0 Å². The topological polar surface area (TPSA) is 78.9 Å². The molecule has 0 N–H and O–H groups in total. The maximum atomic E-state index is 12.8. The predicted molar refractivity (Wildman–Crippen MR) is 288 cm³/mol. The van der Waals surface area contributed by atoms with Crippen LogP contribution in [0.5, 0.6) is 0 Å². The predicted octanol–water partition coefficient (Wildman–Crippen LogP) is 18.5. The molecule has 0 aliphatic heterocycles. The minimum absolute atomic E-state index is 0.0904. The molecule has 0 amide bonds. The number of unbranched alkanes of at least 4 members (excludes halogenated alkanes) is 22. The number of carbonyl (C=O) groups excluding carboxylic acids is 3. The molecule has 0 aliphatic carbocycles. The zero-order chi connectivity index (χ0) is 48.6. The van der Waals surface area contributed by atoms with Gasteiger partial charge in [-0.1, -0.05) is 227 Å². The van der Waals surface area contributed by atoms with E-state index < -0.39 is 6.10 Å². The van der Waals surface area contributed by atoms with Crippen LogP contribution in [0.25, 0.3) is 0 Å². The molecule has 0 radical (unpaired) electrons. The summed E-state index contributed by atoms with van der Waals surface area (Å²) >= 11 is 0. The normalized spacial score (nSPS) is 12.8. The molecule has 0 aromatic heterocycles. The van der Waals surface area contributed by atoms with Crippen molar-refractivity contribution >= 4 is 17.9 Å². The summed E-state index contributed by atoms with van der Waals surface area (Å²) in [5, 5.41) is 0. The highest BCUT2D eigenvalue weighted by Crippen LogP contribution is 2.14. The molecular formula is C61H102O6. The highest BCUT2D eigenvalue weighted by molar-refractivity contribution is 5.71. The van der Waals surface area contributed by atoms with Gasteiger partial charge in [-0.25, -0.2) is 0 Å². The average molecular weight is 931 g/mol. The Balaban J connectivity index is 4.26. The van der Waals surface area contributed by atoms with E-state index in [-0.39, 0.29) is 31.1 Å². The van der Waals surface area contributed by atoms with Crippen LogP contribution in [0.2, 0.25) is 0 Å². The third-order valence-electron chi connectivity index (χ3n) is 11.6. The summed E-state index contributed by atoms with van der Waals surface area (Å²) < 4.78 is 16.7. The van der Waals surface area contributed by atoms with Crippen LogP contribution in [-0.4, -0.2) is 37.2 Å². The molecule has 0 aliphatic rings. The van der Waals surface area contributed by atoms with Crippen molar-refractivity contribution in [2.24, 2.45) is 0 Å². The molecular weight excluding hydrogens is 829 g/mol. The SMILES string of the molecule is CC/C=C\C/C=C\C/C=C\C/C=C\C/C=C\C/C=C\C/C=C\CCCCCC(=O)OCC(COC(=O)CCCCCCCC)OC(=O)CCCCCCCCC/C=C\CCCCCCCCC. The van der Waals surface area contributed by atoms with Gasteiger partial charge in [-0.05, 0) is 103 Å². The van der Waals surface area contributed by atoms with Gasteiger partial charge in [-0.15, -0.1) is 0 Å². The minimum Gasteiger partial charge on any atom is -0.462 e. The Morgan fingerprint density at radius 1 is 0.313 bits per heavy atom. The Bertz CT molecular complexity index is 1350. The zero-order valence-corrected chi connectivity index (χ0v) is 43.6. The largest absolute Gasteiger partial charge is 0.462 e. The van der Waals surface area contributed by atoms with E-state index in [1.54, 1.807) is 0 Å². The standard InChI is InChI=1S/C61H102O6/c1-4-7-10-13-16-18-20-22-24-26-28-29-30-31-32-33-34-36-37-39-41-43-45-48-51-54-60(63)66-57-58(56-65-59(62)53-50-47-15-12-9-6-3)67-61(64)55-52-49-46-44-42-40-38-35-27-25-23-21-19-17-14-11-8-5-2/h7,10,16,18,22,24-25,27-29,31-32,34,36,39,41,58H,4-6,8-9,11-15,17,19-21,23,26,30,33,35,37-38,40,42-57H2,1-3H3/b10-7-,18-16-,24-22-,27-25-,29-28-,32-31-,36-34-,41-39-.